The highest BCUT2D eigenvalue weighted by Gasteiger charge is 2.37. The fourth-order valence-electron chi connectivity index (χ4n) is 5.08. The quantitative estimate of drug-likeness (QED) is 0.554. The highest BCUT2D eigenvalue weighted by molar-refractivity contribution is 7.89. The van der Waals surface area contributed by atoms with E-state index in [0.717, 1.165) is 32.5 Å². The van der Waals surface area contributed by atoms with Crippen LogP contribution in [0.1, 0.15) is 19.8 Å². The second-order valence-corrected chi connectivity index (χ2v) is 12.0. The average molecular weight is 550 g/mol. The molecule has 3 aliphatic heterocycles. The number of rotatable bonds is 7. The number of halogens is 2. The van der Waals surface area contributed by atoms with E-state index in [4.69, 9.17) is 32.7 Å². The molecule has 0 spiro atoms. The van der Waals surface area contributed by atoms with E-state index in [9.17, 15) is 13.2 Å². The summed E-state index contributed by atoms with van der Waals surface area (Å²) >= 11 is 12.3. The van der Waals surface area contributed by atoms with E-state index < -0.39 is 16.1 Å². The Balaban J connectivity index is 1.28. The first-order valence-electron chi connectivity index (χ1n) is 12.1. The van der Waals surface area contributed by atoms with Gasteiger partial charge in [0.25, 0.3) is 0 Å². The Bertz CT molecular complexity index is 970. The molecule has 1 aromatic rings. The van der Waals surface area contributed by atoms with Crippen LogP contribution in [0, 0.1) is 0 Å². The first-order valence-corrected chi connectivity index (χ1v) is 14.3. The van der Waals surface area contributed by atoms with Gasteiger partial charge in [-0.2, -0.15) is 4.31 Å². The van der Waals surface area contributed by atoms with E-state index in [2.05, 4.69) is 17.1 Å². The molecule has 35 heavy (non-hydrogen) atoms. The van der Waals surface area contributed by atoms with E-state index in [1.165, 1.54) is 16.4 Å². The van der Waals surface area contributed by atoms with Gasteiger partial charge in [-0.15, -0.1) is 0 Å². The maximum absolute atomic E-state index is 13.3. The van der Waals surface area contributed by atoms with E-state index in [1.54, 1.807) is 6.07 Å². The first kappa shape index (κ1) is 27.1. The highest BCUT2D eigenvalue weighted by Crippen LogP contribution is 2.33. The number of carbonyl (C=O) groups is 1. The predicted octanol–water partition coefficient (Wildman–Crippen LogP) is 1.68. The zero-order valence-electron chi connectivity index (χ0n) is 20.0. The Kier molecular flexibility index (Phi) is 9.31. The number of ether oxygens (including phenoxy) is 2. The molecule has 12 heteroatoms. The van der Waals surface area contributed by atoms with Crippen molar-refractivity contribution in [1.82, 2.24) is 19.4 Å². The van der Waals surface area contributed by atoms with Crippen molar-refractivity contribution in [1.29, 1.82) is 0 Å². The molecule has 1 aromatic carbocycles. The number of morpholine rings is 1. The number of sulfonamides is 1. The van der Waals surface area contributed by atoms with Crippen LogP contribution in [0.25, 0.3) is 0 Å². The Morgan fingerprint density at radius 3 is 2.57 bits per heavy atom. The Morgan fingerprint density at radius 2 is 1.89 bits per heavy atom. The summed E-state index contributed by atoms with van der Waals surface area (Å²) in [6.07, 6.45) is 2.28. The fourth-order valence-corrected chi connectivity index (χ4v) is 7.76. The number of piperazine rings is 1. The molecule has 3 fully saturated rings. The summed E-state index contributed by atoms with van der Waals surface area (Å²) in [5.41, 5.74) is 0. The molecule has 1 amide bonds. The number of amides is 1. The normalized spacial score (nSPS) is 27.2. The van der Waals surface area contributed by atoms with Crippen molar-refractivity contribution in [2.45, 2.75) is 42.8 Å². The molecule has 3 atom stereocenters. The lowest BCUT2D eigenvalue weighted by molar-refractivity contribution is -0.139. The Hall–Kier alpha value is -0.980. The second-order valence-electron chi connectivity index (χ2n) is 9.36. The van der Waals surface area contributed by atoms with Crippen molar-refractivity contribution in [2.24, 2.45) is 0 Å². The smallest absolute Gasteiger partial charge is 0.248 e. The third-order valence-electron chi connectivity index (χ3n) is 6.97. The number of nitrogens with zero attached hydrogens (tertiary/aromatic N) is 3. The van der Waals surface area contributed by atoms with Crippen molar-refractivity contribution < 1.29 is 22.7 Å². The lowest BCUT2D eigenvalue weighted by Gasteiger charge is -2.42. The fraction of sp³-hybridized carbons (Fsp3) is 0.696. The van der Waals surface area contributed by atoms with Crippen LogP contribution in [0.4, 0.5) is 0 Å². The summed E-state index contributed by atoms with van der Waals surface area (Å²) in [7, 11) is -3.96. The van der Waals surface area contributed by atoms with Crippen LogP contribution in [0.5, 0.6) is 0 Å². The van der Waals surface area contributed by atoms with Gasteiger partial charge in [0.05, 0.1) is 35.9 Å². The zero-order valence-corrected chi connectivity index (χ0v) is 22.3. The second kappa shape index (κ2) is 12.0. The van der Waals surface area contributed by atoms with Crippen molar-refractivity contribution in [3.05, 3.63) is 28.2 Å². The third kappa shape index (κ3) is 6.48. The maximum Gasteiger partial charge on any atom is 0.248 e. The molecule has 3 heterocycles. The van der Waals surface area contributed by atoms with Gasteiger partial charge in [0.2, 0.25) is 15.9 Å². The van der Waals surface area contributed by atoms with E-state index in [0.29, 0.717) is 25.2 Å². The van der Waals surface area contributed by atoms with Gasteiger partial charge in [-0.3, -0.25) is 9.69 Å². The summed E-state index contributed by atoms with van der Waals surface area (Å²) in [5.74, 6) is -0.0800. The van der Waals surface area contributed by atoms with Crippen molar-refractivity contribution in [3.8, 4) is 0 Å². The number of carbonyl (C=O) groups excluding carboxylic acids is 1. The van der Waals surface area contributed by atoms with E-state index >= 15 is 0 Å². The molecule has 196 valence electrons. The minimum atomic E-state index is -3.96. The molecule has 3 aliphatic rings. The van der Waals surface area contributed by atoms with Crippen molar-refractivity contribution in [2.75, 3.05) is 65.7 Å². The van der Waals surface area contributed by atoms with Crippen LogP contribution in [0.3, 0.4) is 0 Å². The molecule has 3 unspecified atom stereocenters. The van der Waals surface area contributed by atoms with Crippen LogP contribution < -0.4 is 5.32 Å². The minimum Gasteiger partial charge on any atom is -0.378 e. The molecule has 4 rings (SSSR count). The van der Waals surface area contributed by atoms with Gasteiger partial charge >= 0.3 is 0 Å². The van der Waals surface area contributed by atoms with Gasteiger partial charge in [0.15, 0.2) is 0 Å². The average Bonchev–Trinajstić information content (AvgIpc) is 2.84. The molecule has 0 bridgehead atoms. The zero-order chi connectivity index (χ0) is 25.0. The third-order valence-corrected chi connectivity index (χ3v) is 9.88. The summed E-state index contributed by atoms with van der Waals surface area (Å²) < 4.78 is 39.2. The maximum atomic E-state index is 13.3. The number of piperidine rings is 1. The largest absolute Gasteiger partial charge is 0.378 e. The first-order chi connectivity index (χ1) is 16.8. The summed E-state index contributed by atoms with van der Waals surface area (Å²) in [6.45, 7) is 6.88. The number of hydrogen-bond acceptors (Lipinski definition) is 7. The number of hydrogen-bond donors (Lipinski definition) is 1. The van der Waals surface area contributed by atoms with Crippen molar-refractivity contribution >= 4 is 39.1 Å². The molecular weight excluding hydrogens is 515 g/mol. The molecule has 0 aromatic heterocycles. The molecule has 0 saturated carbocycles. The highest BCUT2D eigenvalue weighted by atomic mass is 35.5. The Morgan fingerprint density at radius 1 is 1.17 bits per heavy atom. The lowest BCUT2D eigenvalue weighted by atomic mass is 9.98. The van der Waals surface area contributed by atoms with Crippen LogP contribution in [-0.4, -0.2) is 112 Å². The van der Waals surface area contributed by atoms with Gasteiger partial charge < -0.3 is 19.7 Å². The van der Waals surface area contributed by atoms with Gasteiger partial charge in [-0.1, -0.05) is 29.3 Å². The summed E-state index contributed by atoms with van der Waals surface area (Å²) in [5, 5.41) is 3.62. The van der Waals surface area contributed by atoms with Gasteiger partial charge in [0, 0.05) is 44.8 Å². The van der Waals surface area contributed by atoms with Crippen LogP contribution in [0.15, 0.2) is 23.1 Å². The molecular formula is C23H34Cl2N4O5S. The van der Waals surface area contributed by atoms with E-state index in [1.807, 2.05) is 4.90 Å². The topological polar surface area (TPSA) is 91.4 Å². The van der Waals surface area contributed by atoms with Gasteiger partial charge in [-0.25, -0.2) is 8.42 Å². The molecule has 9 nitrogen and oxygen atoms in total. The Labute approximate surface area is 217 Å². The lowest BCUT2D eigenvalue weighted by Crippen LogP contribution is -2.55. The van der Waals surface area contributed by atoms with Crippen LogP contribution in [-0.2, 0) is 24.3 Å². The van der Waals surface area contributed by atoms with Crippen molar-refractivity contribution in [3.63, 3.8) is 0 Å². The summed E-state index contributed by atoms with van der Waals surface area (Å²) in [6, 6.07) is 5.12. The van der Waals surface area contributed by atoms with Crippen LogP contribution >= 0.6 is 23.2 Å². The molecule has 0 aliphatic carbocycles. The molecule has 0 radical (unpaired) electrons. The van der Waals surface area contributed by atoms with E-state index in [-0.39, 0.29) is 53.8 Å². The molecule has 3 saturated heterocycles. The molecule has 1 N–H and O–H groups in total. The summed E-state index contributed by atoms with van der Waals surface area (Å²) in [4.78, 5) is 16.9. The van der Waals surface area contributed by atoms with Gasteiger partial charge in [-0.05, 0) is 38.4 Å². The monoisotopic (exact) mass is 548 g/mol. The van der Waals surface area contributed by atoms with Gasteiger partial charge in [0.1, 0.15) is 11.5 Å². The predicted molar refractivity (Wildman–Crippen MR) is 134 cm³/mol. The number of nitrogens with one attached hydrogen (secondary N) is 1. The number of benzene rings is 1. The SMILES string of the molecule is CC1CC(N2CCN(C(=O)COCC3COCCN3S(=O)(=O)c3c(Cl)cccc3Cl)CC2)CCN1. The van der Waals surface area contributed by atoms with Crippen LogP contribution in [0.2, 0.25) is 10.0 Å². The standard InChI is InChI=1S/C23H34Cl2N4O5S/c1-17-13-18(5-6-26-17)27-7-9-28(10-8-27)22(30)16-34-15-19-14-33-12-11-29(19)35(31,32)23-20(24)3-2-4-21(23)25/h2-4,17-19,26H,5-16H2,1H3. The minimum absolute atomic E-state index is 0.0416.